The summed E-state index contributed by atoms with van der Waals surface area (Å²) in [6.45, 7) is 6.25. The maximum absolute atomic E-state index is 11.8. The lowest BCUT2D eigenvalue weighted by atomic mass is 9.94. The summed E-state index contributed by atoms with van der Waals surface area (Å²) in [4.78, 5) is 14.4. The normalized spacial score (nSPS) is 16.6. The van der Waals surface area contributed by atoms with E-state index in [-0.39, 0.29) is 11.8 Å². The van der Waals surface area contributed by atoms with Gasteiger partial charge in [0.2, 0.25) is 5.91 Å². The molecule has 124 valence electrons. The number of carbonyl (C=O) groups excluding carboxylic acids is 1. The van der Waals surface area contributed by atoms with E-state index in [1.165, 1.54) is 51.5 Å². The molecule has 1 saturated carbocycles. The third-order valence-corrected chi connectivity index (χ3v) is 5.04. The molecule has 1 aliphatic rings. The number of hydrogen-bond donors (Lipinski definition) is 1. The van der Waals surface area contributed by atoms with Gasteiger partial charge in [0.1, 0.15) is 0 Å². The Morgan fingerprint density at radius 3 is 2.38 bits per heavy atom. The van der Waals surface area contributed by atoms with Crippen LogP contribution in [0.15, 0.2) is 0 Å². The van der Waals surface area contributed by atoms with Crippen LogP contribution in [-0.4, -0.2) is 37.0 Å². The highest BCUT2D eigenvalue weighted by Crippen LogP contribution is 2.21. The quantitative estimate of drug-likeness (QED) is 0.619. The van der Waals surface area contributed by atoms with Crippen molar-refractivity contribution in [2.45, 2.75) is 84.1 Å². The maximum Gasteiger partial charge on any atom is 0.223 e. The third-order valence-electron chi connectivity index (χ3n) is 5.04. The van der Waals surface area contributed by atoms with Crippen LogP contribution in [0.25, 0.3) is 0 Å². The van der Waals surface area contributed by atoms with Gasteiger partial charge in [-0.2, -0.15) is 0 Å². The predicted molar refractivity (Wildman–Crippen MR) is 90.4 cm³/mol. The molecule has 1 aliphatic carbocycles. The topological polar surface area (TPSA) is 32.3 Å². The smallest absolute Gasteiger partial charge is 0.223 e. The van der Waals surface area contributed by atoms with Crippen LogP contribution in [0.1, 0.15) is 78.1 Å². The van der Waals surface area contributed by atoms with Crippen molar-refractivity contribution in [3.8, 4) is 0 Å². The molecule has 21 heavy (non-hydrogen) atoms. The van der Waals surface area contributed by atoms with Crippen molar-refractivity contribution in [1.29, 1.82) is 0 Å². The highest BCUT2D eigenvalue weighted by molar-refractivity contribution is 5.78. The molecule has 0 atom stereocenters. The van der Waals surface area contributed by atoms with Crippen LogP contribution >= 0.6 is 0 Å². The summed E-state index contributed by atoms with van der Waals surface area (Å²) in [7, 11) is 2.28. The molecule has 0 aromatic heterocycles. The average Bonchev–Trinajstić information content (AvgIpc) is 2.52. The van der Waals surface area contributed by atoms with E-state index in [2.05, 4.69) is 31.1 Å². The fraction of sp³-hybridized carbons (Fsp3) is 0.944. The lowest BCUT2D eigenvalue weighted by molar-refractivity contribution is -0.125. The van der Waals surface area contributed by atoms with E-state index >= 15 is 0 Å². The first-order chi connectivity index (χ1) is 10.2. The number of amides is 1. The van der Waals surface area contributed by atoms with Gasteiger partial charge in [0.05, 0.1) is 0 Å². The Kier molecular flexibility index (Phi) is 9.73. The molecule has 0 saturated heterocycles. The van der Waals surface area contributed by atoms with E-state index in [1.807, 2.05) is 0 Å². The standard InChI is InChI=1S/C18H36N2O/c1-4-16(5-2)18(21)19-14-10-7-11-15-20(3)17-12-8-6-9-13-17/h16-17H,4-15H2,1-3H3,(H,19,21). The second-order valence-corrected chi connectivity index (χ2v) is 6.64. The number of carbonyl (C=O) groups is 1. The van der Waals surface area contributed by atoms with E-state index in [9.17, 15) is 4.79 Å². The highest BCUT2D eigenvalue weighted by atomic mass is 16.1. The van der Waals surface area contributed by atoms with E-state index in [0.29, 0.717) is 0 Å². The van der Waals surface area contributed by atoms with Gasteiger partial charge in [-0.15, -0.1) is 0 Å². The van der Waals surface area contributed by atoms with Gasteiger partial charge in [0, 0.05) is 18.5 Å². The second-order valence-electron chi connectivity index (χ2n) is 6.64. The molecule has 0 bridgehead atoms. The van der Waals surface area contributed by atoms with Crippen molar-refractivity contribution in [3.63, 3.8) is 0 Å². The Morgan fingerprint density at radius 1 is 1.10 bits per heavy atom. The van der Waals surface area contributed by atoms with E-state index in [1.54, 1.807) is 0 Å². The van der Waals surface area contributed by atoms with Crippen molar-refractivity contribution in [2.75, 3.05) is 20.1 Å². The average molecular weight is 296 g/mol. The molecule has 0 aliphatic heterocycles. The predicted octanol–water partition coefficient (Wildman–Crippen LogP) is 3.97. The Bertz CT molecular complexity index is 270. The van der Waals surface area contributed by atoms with Gasteiger partial charge in [-0.25, -0.2) is 0 Å². The molecule has 1 rings (SSSR count). The number of unbranched alkanes of at least 4 members (excludes halogenated alkanes) is 2. The van der Waals surface area contributed by atoms with Gasteiger partial charge >= 0.3 is 0 Å². The third kappa shape index (κ3) is 7.30. The van der Waals surface area contributed by atoms with Crippen molar-refractivity contribution in [1.82, 2.24) is 10.2 Å². The van der Waals surface area contributed by atoms with Gasteiger partial charge in [0.15, 0.2) is 0 Å². The molecule has 0 heterocycles. The fourth-order valence-corrected chi connectivity index (χ4v) is 3.38. The van der Waals surface area contributed by atoms with Crippen LogP contribution in [0.2, 0.25) is 0 Å². The number of rotatable bonds is 10. The molecule has 0 spiro atoms. The Balaban J connectivity index is 2.00. The second kappa shape index (κ2) is 11.1. The van der Waals surface area contributed by atoms with Gasteiger partial charge in [0.25, 0.3) is 0 Å². The van der Waals surface area contributed by atoms with E-state index in [4.69, 9.17) is 0 Å². The first-order valence-corrected chi connectivity index (χ1v) is 9.17. The maximum atomic E-state index is 11.8. The van der Waals surface area contributed by atoms with Crippen LogP contribution < -0.4 is 5.32 Å². The summed E-state index contributed by atoms with van der Waals surface area (Å²) in [5.74, 6) is 0.460. The van der Waals surface area contributed by atoms with Crippen molar-refractivity contribution in [3.05, 3.63) is 0 Å². The molecule has 3 nitrogen and oxygen atoms in total. The van der Waals surface area contributed by atoms with E-state index < -0.39 is 0 Å². The fourth-order valence-electron chi connectivity index (χ4n) is 3.38. The summed E-state index contributed by atoms with van der Waals surface area (Å²) in [5, 5.41) is 3.08. The van der Waals surface area contributed by atoms with Gasteiger partial charge in [-0.05, 0) is 52.1 Å². The Labute approximate surface area is 131 Å². The Morgan fingerprint density at radius 2 is 1.76 bits per heavy atom. The zero-order valence-electron chi connectivity index (χ0n) is 14.5. The largest absolute Gasteiger partial charge is 0.356 e. The zero-order chi connectivity index (χ0) is 15.5. The minimum absolute atomic E-state index is 0.211. The van der Waals surface area contributed by atoms with Crippen molar-refractivity contribution >= 4 is 5.91 Å². The number of hydrogen-bond acceptors (Lipinski definition) is 2. The first kappa shape index (κ1) is 18.5. The molecule has 0 radical (unpaired) electrons. The van der Waals surface area contributed by atoms with Crippen molar-refractivity contribution < 1.29 is 4.79 Å². The molecule has 1 fully saturated rings. The van der Waals surface area contributed by atoms with Crippen molar-refractivity contribution in [2.24, 2.45) is 5.92 Å². The highest BCUT2D eigenvalue weighted by Gasteiger charge is 2.17. The monoisotopic (exact) mass is 296 g/mol. The molecular formula is C18H36N2O. The van der Waals surface area contributed by atoms with Crippen LogP contribution in [0.3, 0.4) is 0 Å². The summed E-state index contributed by atoms with van der Waals surface area (Å²) >= 11 is 0. The summed E-state index contributed by atoms with van der Waals surface area (Å²) < 4.78 is 0. The molecule has 0 aromatic carbocycles. The molecule has 1 N–H and O–H groups in total. The lowest BCUT2D eigenvalue weighted by Gasteiger charge is -2.31. The molecule has 3 heteroatoms. The SMILES string of the molecule is CCC(CC)C(=O)NCCCCCN(C)C1CCCCC1. The zero-order valence-corrected chi connectivity index (χ0v) is 14.5. The summed E-state index contributed by atoms with van der Waals surface area (Å²) in [6, 6.07) is 0.827. The summed E-state index contributed by atoms with van der Waals surface area (Å²) in [5.41, 5.74) is 0. The minimum atomic E-state index is 0.211. The first-order valence-electron chi connectivity index (χ1n) is 9.17. The van der Waals surface area contributed by atoms with E-state index in [0.717, 1.165) is 31.8 Å². The number of nitrogens with zero attached hydrogens (tertiary/aromatic N) is 1. The molecule has 0 unspecified atom stereocenters. The van der Waals surface area contributed by atoms with Gasteiger partial charge in [-0.3, -0.25) is 4.79 Å². The van der Waals surface area contributed by atoms with Crippen LogP contribution in [-0.2, 0) is 4.79 Å². The van der Waals surface area contributed by atoms with Crippen LogP contribution in [0, 0.1) is 5.92 Å². The van der Waals surface area contributed by atoms with Crippen LogP contribution in [0.5, 0.6) is 0 Å². The lowest BCUT2D eigenvalue weighted by Crippen LogP contribution is -2.34. The molecule has 0 aromatic rings. The molecular weight excluding hydrogens is 260 g/mol. The van der Waals surface area contributed by atoms with Crippen LogP contribution in [0.4, 0.5) is 0 Å². The minimum Gasteiger partial charge on any atom is -0.356 e. The van der Waals surface area contributed by atoms with Gasteiger partial charge in [-0.1, -0.05) is 39.5 Å². The summed E-state index contributed by atoms with van der Waals surface area (Å²) in [6.07, 6.45) is 12.5. The Hall–Kier alpha value is -0.570. The molecule has 1 amide bonds. The number of nitrogens with one attached hydrogen (secondary N) is 1. The van der Waals surface area contributed by atoms with Gasteiger partial charge < -0.3 is 10.2 Å².